The largest absolute Gasteiger partial charge is 0.396 e. The molecule has 1 aromatic rings. The molecule has 0 aliphatic heterocycles. The van der Waals surface area contributed by atoms with Crippen molar-refractivity contribution in [1.82, 2.24) is 4.98 Å². The number of nitrogens with one attached hydrogen (secondary N) is 1. The Morgan fingerprint density at radius 3 is 2.81 bits per heavy atom. The molecule has 3 nitrogen and oxygen atoms in total. The lowest BCUT2D eigenvalue weighted by atomic mass is 10.0. The molecule has 3 N–H and O–H groups in total. The molecular formula is C12H16ClN3. The Morgan fingerprint density at radius 2 is 2.19 bits per heavy atom. The smallest absolute Gasteiger partial charge is 0.150 e. The number of rotatable bonds is 4. The van der Waals surface area contributed by atoms with Crippen molar-refractivity contribution in [3.8, 4) is 0 Å². The lowest BCUT2D eigenvalue weighted by Gasteiger charge is -2.16. The lowest BCUT2D eigenvalue weighted by molar-refractivity contribution is 0.466. The van der Waals surface area contributed by atoms with E-state index in [4.69, 9.17) is 17.3 Å². The van der Waals surface area contributed by atoms with Gasteiger partial charge in [0.2, 0.25) is 0 Å². The van der Waals surface area contributed by atoms with E-state index in [1.807, 2.05) is 0 Å². The Labute approximate surface area is 100 Å². The maximum atomic E-state index is 5.85. The average Bonchev–Trinajstić information content (AvgIpc) is 3.13. The van der Waals surface area contributed by atoms with Crippen molar-refractivity contribution >= 4 is 23.1 Å². The number of pyridine rings is 1. The molecule has 1 aromatic heterocycles. The number of anilines is 2. The summed E-state index contributed by atoms with van der Waals surface area (Å²) in [6, 6.07) is 3.52. The zero-order chi connectivity index (χ0) is 11.2. The Balaban J connectivity index is 1.67. The van der Waals surface area contributed by atoms with Gasteiger partial charge in [0.25, 0.3) is 0 Å². The number of nitrogen functional groups attached to an aromatic ring is 1. The molecule has 2 aliphatic rings. The van der Waals surface area contributed by atoms with E-state index in [1.54, 1.807) is 12.1 Å². The molecule has 4 heteroatoms. The third-order valence-corrected chi connectivity index (χ3v) is 4.05. The first kappa shape index (κ1) is 10.2. The molecule has 0 spiro atoms. The van der Waals surface area contributed by atoms with Crippen LogP contribution in [0.3, 0.4) is 0 Å². The second-order valence-electron chi connectivity index (χ2n) is 5.06. The van der Waals surface area contributed by atoms with E-state index in [0.29, 0.717) is 16.3 Å². The normalized spacial score (nSPS) is 21.8. The standard InChI is InChI=1S/C12H16ClN3/c13-10-4-3-9(14)11(16-10)15-7-12(5-6-12)8-1-2-8/h3-4,8H,1-2,5-7,14H2,(H,15,16). The minimum absolute atomic E-state index is 0.493. The first-order valence-corrected chi connectivity index (χ1v) is 6.23. The number of hydrogen-bond donors (Lipinski definition) is 2. The zero-order valence-electron chi connectivity index (χ0n) is 9.17. The van der Waals surface area contributed by atoms with Crippen LogP contribution in [0.1, 0.15) is 25.7 Å². The quantitative estimate of drug-likeness (QED) is 0.792. The van der Waals surface area contributed by atoms with Crippen molar-refractivity contribution in [3.05, 3.63) is 17.3 Å². The molecule has 0 unspecified atom stereocenters. The van der Waals surface area contributed by atoms with Crippen molar-refractivity contribution in [2.45, 2.75) is 25.7 Å². The van der Waals surface area contributed by atoms with Crippen LogP contribution in [0.15, 0.2) is 12.1 Å². The van der Waals surface area contributed by atoms with Crippen LogP contribution >= 0.6 is 11.6 Å². The lowest BCUT2D eigenvalue weighted by Crippen LogP contribution is -2.18. The molecule has 2 aliphatic carbocycles. The Hall–Kier alpha value is -0.960. The minimum atomic E-state index is 0.493. The van der Waals surface area contributed by atoms with Gasteiger partial charge in [0.15, 0.2) is 5.82 Å². The van der Waals surface area contributed by atoms with Crippen LogP contribution in [-0.2, 0) is 0 Å². The van der Waals surface area contributed by atoms with E-state index in [-0.39, 0.29) is 0 Å². The van der Waals surface area contributed by atoms with Crippen molar-refractivity contribution in [1.29, 1.82) is 0 Å². The minimum Gasteiger partial charge on any atom is -0.396 e. The summed E-state index contributed by atoms with van der Waals surface area (Å²) in [5.41, 5.74) is 7.08. The van der Waals surface area contributed by atoms with Crippen molar-refractivity contribution in [2.75, 3.05) is 17.6 Å². The summed E-state index contributed by atoms with van der Waals surface area (Å²) >= 11 is 5.85. The van der Waals surface area contributed by atoms with E-state index in [0.717, 1.165) is 18.3 Å². The molecular weight excluding hydrogens is 222 g/mol. The van der Waals surface area contributed by atoms with Gasteiger partial charge in [-0.15, -0.1) is 0 Å². The fourth-order valence-electron chi connectivity index (χ4n) is 2.43. The van der Waals surface area contributed by atoms with Crippen LogP contribution in [0.2, 0.25) is 5.15 Å². The topological polar surface area (TPSA) is 50.9 Å². The summed E-state index contributed by atoms with van der Waals surface area (Å²) < 4.78 is 0. The number of nitrogens with two attached hydrogens (primary N) is 1. The summed E-state index contributed by atoms with van der Waals surface area (Å²) in [5.74, 6) is 1.68. The third-order valence-electron chi connectivity index (χ3n) is 3.84. The van der Waals surface area contributed by atoms with E-state index >= 15 is 0 Å². The van der Waals surface area contributed by atoms with Crippen LogP contribution in [0.5, 0.6) is 0 Å². The van der Waals surface area contributed by atoms with Gasteiger partial charge in [-0.2, -0.15) is 0 Å². The molecule has 0 radical (unpaired) electrons. The van der Waals surface area contributed by atoms with Gasteiger partial charge in [-0.3, -0.25) is 0 Å². The van der Waals surface area contributed by atoms with Gasteiger partial charge in [-0.05, 0) is 49.1 Å². The van der Waals surface area contributed by atoms with Gasteiger partial charge in [-0.25, -0.2) is 4.98 Å². The molecule has 2 saturated carbocycles. The van der Waals surface area contributed by atoms with E-state index in [1.165, 1.54) is 25.7 Å². The van der Waals surface area contributed by atoms with Crippen LogP contribution in [0.4, 0.5) is 11.5 Å². The first-order chi connectivity index (χ1) is 7.70. The molecule has 0 bridgehead atoms. The Bertz CT molecular complexity index is 411. The number of nitrogens with zero attached hydrogens (tertiary/aromatic N) is 1. The predicted octanol–water partition coefficient (Wildman–Crippen LogP) is 2.92. The summed E-state index contributed by atoms with van der Waals surface area (Å²) in [4.78, 5) is 4.21. The van der Waals surface area contributed by atoms with Crippen molar-refractivity contribution in [2.24, 2.45) is 11.3 Å². The van der Waals surface area contributed by atoms with Crippen LogP contribution < -0.4 is 11.1 Å². The van der Waals surface area contributed by atoms with Crippen LogP contribution in [-0.4, -0.2) is 11.5 Å². The van der Waals surface area contributed by atoms with Gasteiger partial charge >= 0.3 is 0 Å². The number of halogens is 1. The highest BCUT2D eigenvalue weighted by molar-refractivity contribution is 6.29. The highest BCUT2D eigenvalue weighted by Crippen LogP contribution is 2.61. The zero-order valence-corrected chi connectivity index (χ0v) is 9.93. The summed E-state index contributed by atoms with van der Waals surface area (Å²) in [7, 11) is 0. The van der Waals surface area contributed by atoms with E-state index < -0.39 is 0 Å². The van der Waals surface area contributed by atoms with Gasteiger partial charge in [0.1, 0.15) is 5.15 Å². The first-order valence-electron chi connectivity index (χ1n) is 5.85. The second-order valence-corrected chi connectivity index (χ2v) is 5.45. The molecule has 86 valence electrons. The molecule has 3 rings (SSSR count). The third kappa shape index (κ3) is 1.84. The fourth-order valence-corrected chi connectivity index (χ4v) is 2.58. The maximum absolute atomic E-state index is 5.85. The molecule has 0 aromatic carbocycles. The van der Waals surface area contributed by atoms with E-state index in [2.05, 4.69) is 10.3 Å². The van der Waals surface area contributed by atoms with Crippen molar-refractivity contribution in [3.63, 3.8) is 0 Å². The molecule has 0 atom stereocenters. The molecule has 0 amide bonds. The fraction of sp³-hybridized carbons (Fsp3) is 0.583. The summed E-state index contributed by atoms with van der Waals surface area (Å²) in [6.07, 6.45) is 5.51. The van der Waals surface area contributed by atoms with Gasteiger partial charge in [-0.1, -0.05) is 11.6 Å². The van der Waals surface area contributed by atoms with Gasteiger partial charge in [0, 0.05) is 6.54 Å². The van der Waals surface area contributed by atoms with Gasteiger partial charge in [0.05, 0.1) is 5.69 Å². The van der Waals surface area contributed by atoms with Crippen molar-refractivity contribution < 1.29 is 0 Å². The monoisotopic (exact) mass is 237 g/mol. The average molecular weight is 238 g/mol. The molecule has 0 saturated heterocycles. The summed E-state index contributed by atoms with van der Waals surface area (Å²) in [6.45, 7) is 0.995. The highest BCUT2D eigenvalue weighted by atomic mass is 35.5. The Kier molecular flexibility index (Phi) is 2.25. The molecule has 16 heavy (non-hydrogen) atoms. The van der Waals surface area contributed by atoms with E-state index in [9.17, 15) is 0 Å². The number of aromatic nitrogens is 1. The summed E-state index contributed by atoms with van der Waals surface area (Å²) in [5, 5.41) is 3.85. The van der Waals surface area contributed by atoms with Crippen LogP contribution in [0.25, 0.3) is 0 Å². The molecule has 2 fully saturated rings. The predicted molar refractivity (Wildman–Crippen MR) is 66.5 cm³/mol. The van der Waals surface area contributed by atoms with Crippen LogP contribution in [0, 0.1) is 11.3 Å². The molecule has 1 heterocycles. The Morgan fingerprint density at radius 1 is 1.44 bits per heavy atom. The highest BCUT2D eigenvalue weighted by Gasteiger charge is 2.53. The second kappa shape index (κ2) is 3.52. The maximum Gasteiger partial charge on any atom is 0.150 e. The van der Waals surface area contributed by atoms with Gasteiger partial charge < -0.3 is 11.1 Å². The SMILES string of the molecule is Nc1ccc(Cl)nc1NCC1(C2CC2)CC1. The number of hydrogen-bond acceptors (Lipinski definition) is 3.